The maximum Gasteiger partial charge on any atom is 0.0543 e. The van der Waals surface area contributed by atoms with Crippen LogP contribution in [-0.2, 0) is 0 Å². The lowest BCUT2D eigenvalue weighted by atomic mass is 9.58. The molecular weight excluding hydrogens is 555 g/mol. The van der Waals surface area contributed by atoms with Crippen LogP contribution in [0.15, 0.2) is 140 Å². The van der Waals surface area contributed by atoms with Crippen molar-refractivity contribution in [3.8, 4) is 22.3 Å². The Morgan fingerprint density at radius 1 is 0.565 bits per heavy atom. The molecule has 46 heavy (non-hydrogen) atoms. The minimum Gasteiger partial charge on any atom is -0.334 e. The fraction of sp³-hybridized carbons (Fsp3) is 0.200. The van der Waals surface area contributed by atoms with Gasteiger partial charge in [-0.25, -0.2) is 0 Å². The molecule has 1 heteroatoms. The number of benzene rings is 7. The van der Waals surface area contributed by atoms with Crippen molar-refractivity contribution in [1.29, 1.82) is 0 Å². The van der Waals surface area contributed by atoms with Crippen LogP contribution in [0.3, 0.4) is 0 Å². The van der Waals surface area contributed by atoms with Crippen LogP contribution in [0.4, 0.5) is 11.4 Å². The first-order valence-corrected chi connectivity index (χ1v) is 16.9. The quantitative estimate of drug-likeness (QED) is 0.184. The summed E-state index contributed by atoms with van der Waals surface area (Å²) in [4.78, 5) is 2.69. The van der Waals surface area contributed by atoms with E-state index in [2.05, 4.69) is 165 Å². The summed E-state index contributed by atoms with van der Waals surface area (Å²) in [5.41, 5.74) is 9.62. The number of anilines is 2. The Labute approximate surface area is 272 Å². The van der Waals surface area contributed by atoms with Gasteiger partial charge < -0.3 is 4.90 Å². The molecule has 0 bridgehead atoms. The fourth-order valence-electron chi connectivity index (χ4n) is 9.27. The normalized spacial score (nSPS) is 20.2. The molecule has 0 saturated heterocycles. The Kier molecular flexibility index (Phi) is 6.00. The highest BCUT2D eigenvalue weighted by atomic mass is 15.3. The SMILES string of the molecule is CC1(C)CCCC2c3cc(-c4c5ccccc5c(-c5cccc6ccccc56)c5ccccc45)ccc3N(c3ccccc3)C21C. The highest BCUT2D eigenvalue weighted by Crippen LogP contribution is 2.63. The van der Waals surface area contributed by atoms with E-state index in [1.54, 1.807) is 0 Å². The lowest BCUT2D eigenvalue weighted by Gasteiger charge is -2.55. The molecule has 224 valence electrons. The Hall–Kier alpha value is -4.88. The molecule has 1 nitrogen and oxygen atoms in total. The molecule has 2 aliphatic rings. The first kappa shape index (κ1) is 27.4. The zero-order valence-corrected chi connectivity index (χ0v) is 26.9. The Morgan fingerprint density at radius 2 is 1.15 bits per heavy atom. The third-order valence-corrected chi connectivity index (χ3v) is 11.7. The van der Waals surface area contributed by atoms with Crippen LogP contribution in [0.5, 0.6) is 0 Å². The van der Waals surface area contributed by atoms with E-state index in [1.807, 2.05) is 0 Å². The molecular formula is C45H39N. The molecule has 1 heterocycles. The average molecular weight is 594 g/mol. The van der Waals surface area contributed by atoms with E-state index >= 15 is 0 Å². The summed E-state index contributed by atoms with van der Waals surface area (Å²) in [5, 5.41) is 7.82. The molecule has 7 aromatic carbocycles. The predicted molar refractivity (Wildman–Crippen MR) is 197 cm³/mol. The van der Waals surface area contributed by atoms with Crippen molar-refractivity contribution in [2.75, 3.05) is 4.90 Å². The molecule has 0 amide bonds. The number of hydrogen-bond donors (Lipinski definition) is 0. The van der Waals surface area contributed by atoms with Gasteiger partial charge in [0.2, 0.25) is 0 Å². The molecule has 0 aromatic heterocycles. The number of fused-ring (bicyclic) bond motifs is 6. The standard InChI is InChI=1S/C45H39N/c1-44(2)28-14-25-40-39-29-31(26-27-41(39)46(45(40,44)3)32-17-5-4-6-18-32)42-35-20-9-11-22-37(35)43(38-23-12-10-21-36(38)42)34-24-13-16-30-15-7-8-19-33(30)34/h4-13,15-24,26-27,29,40H,14,25,28H2,1-3H3. The van der Waals surface area contributed by atoms with Gasteiger partial charge in [0, 0.05) is 17.3 Å². The van der Waals surface area contributed by atoms with Crippen LogP contribution < -0.4 is 4.90 Å². The van der Waals surface area contributed by atoms with Gasteiger partial charge in [-0.15, -0.1) is 0 Å². The molecule has 2 atom stereocenters. The zero-order chi connectivity index (χ0) is 31.0. The van der Waals surface area contributed by atoms with Crippen LogP contribution in [0.1, 0.15) is 51.5 Å². The monoisotopic (exact) mass is 593 g/mol. The van der Waals surface area contributed by atoms with Gasteiger partial charge in [-0.1, -0.05) is 136 Å². The van der Waals surface area contributed by atoms with Crippen molar-refractivity contribution in [3.63, 3.8) is 0 Å². The Morgan fingerprint density at radius 3 is 1.85 bits per heavy atom. The van der Waals surface area contributed by atoms with Gasteiger partial charge in [0.1, 0.15) is 0 Å². The van der Waals surface area contributed by atoms with Crippen LogP contribution in [-0.4, -0.2) is 5.54 Å². The highest BCUT2D eigenvalue weighted by molar-refractivity contribution is 6.23. The number of hydrogen-bond acceptors (Lipinski definition) is 1. The number of nitrogens with zero attached hydrogens (tertiary/aromatic N) is 1. The lowest BCUT2D eigenvalue weighted by Crippen LogP contribution is -2.56. The molecule has 0 spiro atoms. The largest absolute Gasteiger partial charge is 0.334 e. The van der Waals surface area contributed by atoms with Gasteiger partial charge in [-0.3, -0.25) is 0 Å². The van der Waals surface area contributed by atoms with Crippen LogP contribution in [0.2, 0.25) is 0 Å². The number of rotatable bonds is 3. The minimum absolute atomic E-state index is 0.00405. The third kappa shape index (κ3) is 3.75. The smallest absolute Gasteiger partial charge is 0.0543 e. The van der Waals surface area contributed by atoms with Gasteiger partial charge in [-0.2, -0.15) is 0 Å². The summed E-state index contributed by atoms with van der Waals surface area (Å²) >= 11 is 0. The molecule has 1 fully saturated rings. The number of para-hydroxylation sites is 1. The van der Waals surface area contributed by atoms with Gasteiger partial charge >= 0.3 is 0 Å². The predicted octanol–water partition coefficient (Wildman–Crippen LogP) is 12.7. The summed E-state index contributed by atoms with van der Waals surface area (Å²) in [6.07, 6.45) is 3.74. The van der Waals surface area contributed by atoms with Crippen molar-refractivity contribution in [3.05, 3.63) is 145 Å². The minimum atomic E-state index is -0.00405. The molecule has 9 rings (SSSR count). The second-order valence-corrected chi connectivity index (χ2v) is 14.3. The Balaban J connectivity index is 1.33. The van der Waals surface area contributed by atoms with Gasteiger partial charge in [0.25, 0.3) is 0 Å². The second kappa shape index (κ2) is 10.1. The highest BCUT2D eigenvalue weighted by Gasteiger charge is 2.58. The molecule has 0 N–H and O–H groups in total. The third-order valence-electron chi connectivity index (χ3n) is 11.7. The summed E-state index contributed by atoms with van der Waals surface area (Å²) in [5.74, 6) is 0.471. The summed E-state index contributed by atoms with van der Waals surface area (Å²) in [7, 11) is 0. The fourth-order valence-corrected chi connectivity index (χ4v) is 9.27. The van der Waals surface area contributed by atoms with E-state index < -0.39 is 0 Å². The van der Waals surface area contributed by atoms with E-state index in [0.717, 1.165) is 0 Å². The zero-order valence-electron chi connectivity index (χ0n) is 26.9. The van der Waals surface area contributed by atoms with E-state index in [1.165, 1.54) is 90.8 Å². The van der Waals surface area contributed by atoms with Crippen molar-refractivity contribution < 1.29 is 0 Å². The first-order chi connectivity index (χ1) is 22.5. The topological polar surface area (TPSA) is 3.24 Å². The second-order valence-electron chi connectivity index (χ2n) is 14.3. The van der Waals surface area contributed by atoms with Gasteiger partial charge in [0.05, 0.1) is 5.54 Å². The summed E-state index contributed by atoms with van der Waals surface area (Å²) in [6.45, 7) is 7.52. The van der Waals surface area contributed by atoms with Crippen LogP contribution in [0, 0.1) is 5.41 Å². The summed E-state index contributed by atoms with van der Waals surface area (Å²) < 4.78 is 0. The lowest BCUT2D eigenvalue weighted by molar-refractivity contribution is 0.101. The molecule has 1 saturated carbocycles. The van der Waals surface area contributed by atoms with E-state index in [9.17, 15) is 0 Å². The van der Waals surface area contributed by atoms with Crippen molar-refractivity contribution in [2.24, 2.45) is 5.41 Å². The van der Waals surface area contributed by atoms with Crippen LogP contribution >= 0.6 is 0 Å². The molecule has 7 aromatic rings. The van der Waals surface area contributed by atoms with Crippen molar-refractivity contribution in [1.82, 2.24) is 0 Å². The van der Waals surface area contributed by atoms with Crippen LogP contribution in [0.25, 0.3) is 54.6 Å². The Bertz CT molecular complexity index is 2230. The average Bonchev–Trinajstić information content (AvgIpc) is 3.36. The van der Waals surface area contributed by atoms with Crippen molar-refractivity contribution in [2.45, 2.75) is 51.5 Å². The van der Waals surface area contributed by atoms with E-state index in [0.29, 0.717) is 5.92 Å². The van der Waals surface area contributed by atoms with Crippen molar-refractivity contribution >= 4 is 43.7 Å². The summed E-state index contributed by atoms with van der Waals surface area (Å²) in [6, 6.07) is 52.1. The molecule has 1 aliphatic carbocycles. The first-order valence-electron chi connectivity index (χ1n) is 16.9. The molecule has 1 aliphatic heterocycles. The van der Waals surface area contributed by atoms with E-state index in [-0.39, 0.29) is 11.0 Å². The van der Waals surface area contributed by atoms with Gasteiger partial charge in [0.15, 0.2) is 0 Å². The maximum atomic E-state index is 2.69. The maximum absolute atomic E-state index is 2.69. The molecule has 2 unspecified atom stereocenters. The van der Waals surface area contributed by atoms with Gasteiger partial charge in [-0.05, 0) is 110 Å². The molecule has 0 radical (unpaired) electrons. The van der Waals surface area contributed by atoms with E-state index in [4.69, 9.17) is 0 Å².